The quantitative estimate of drug-likeness (QED) is 0.526. The van der Waals surface area contributed by atoms with Gasteiger partial charge in [0.05, 0.1) is 29.6 Å². The van der Waals surface area contributed by atoms with Crippen LogP contribution in [0.4, 0.5) is 11.4 Å². The van der Waals surface area contributed by atoms with Gasteiger partial charge in [-0.05, 0) is 48.7 Å². The number of amides is 1. The number of carbonyl (C=O) groups excluding carboxylic acids is 1. The lowest BCUT2D eigenvalue weighted by Crippen LogP contribution is -2.40. The van der Waals surface area contributed by atoms with Gasteiger partial charge in [-0.15, -0.1) is 0 Å². The zero-order chi connectivity index (χ0) is 22.1. The van der Waals surface area contributed by atoms with E-state index >= 15 is 0 Å². The third-order valence-electron chi connectivity index (χ3n) is 6.08. The summed E-state index contributed by atoms with van der Waals surface area (Å²) >= 11 is -1.56. The maximum atomic E-state index is 13.1. The first-order valence-electron chi connectivity index (χ1n) is 10.4. The highest BCUT2D eigenvalue weighted by Crippen LogP contribution is 2.54. The van der Waals surface area contributed by atoms with Gasteiger partial charge >= 0.3 is 0 Å². The van der Waals surface area contributed by atoms with Gasteiger partial charge < -0.3 is 19.3 Å². The molecule has 1 aliphatic heterocycles. The number of pyridine rings is 1. The molecule has 0 saturated heterocycles. The summed E-state index contributed by atoms with van der Waals surface area (Å²) in [6, 6.07) is 16.5. The number of methoxy groups -OCH3 is 1. The fraction of sp³-hybridized carbons (Fsp3) is 0.250. The number of para-hydroxylation sites is 1. The van der Waals surface area contributed by atoms with Gasteiger partial charge in [-0.25, -0.2) is 4.72 Å². The Balaban J connectivity index is 1.48. The van der Waals surface area contributed by atoms with Crippen LogP contribution in [0.2, 0.25) is 0 Å². The van der Waals surface area contributed by atoms with Crippen molar-refractivity contribution in [1.82, 2.24) is 4.98 Å². The number of ether oxygens (including phenoxy) is 2. The lowest BCUT2D eigenvalue weighted by molar-refractivity contribution is -0.123. The Hall–Kier alpha value is -3.23. The van der Waals surface area contributed by atoms with Gasteiger partial charge in [0.2, 0.25) is 10.8 Å². The number of aromatic nitrogens is 1. The molecule has 1 saturated carbocycles. The molecule has 1 spiro atoms. The van der Waals surface area contributed by atoms with Crippen molar-refractivity contribution in [2.75, 3.05) is 17.1 Å². The predicted octanol–water partition coefficient (Wildman–Crippen LogP) is 4.18. The van der Waals surface area contributed by atoms with Gasteiger partial charge in [-0.2, -0.15) is 0 Å². The molecule has 2 aliphatic rings. The molecule has 1 aromatic heterocycles. The number of rotatable bonds is 7. The van der Waals surface area contributed by atoms with Crippen LogP contribution >= 0.6 is 0 Å². The minimum atomic E-state index is -1.56. The fourth-order valence-corrected chi connectivity index (χ4v) is 5.22. The van der Waals surface area contributed by atoms with Crippen molar-refractivity contribution >= 4 is 28.6 Å². The molecule has 0 bridgehead atoms. The molecule has 1 unspecified atom stereocenters. The lowest BCUT2D eigenvalue weighted by atomic mass is 9.65. The Bertz CT molecular complexity index is 1150. The predicted molar refractivity (Wildman–Crippen MR) is 122 cm³/mol. The van der Waals surface area contributed by atoms with E-state index in [0.717, 1.165) is 30.5 Å². The molecule has 164 valence electrons. The summed E-state index contributed by atoms with van der Waals surface area (Å²) in [5.74, 6) is 1.08. The van der Waals surface area contributed by atoms with Crippen molar-refractivity contribution in [2.45, 2.75) is 36.2 Å². The van der Waals surface area contributed by atoms with Crippen molar-refractivity contribution in [3.8, 4) is 11.5 Å². The minimum Gasteiger partial charge on any atom is -0.588 e. The first-order chi connectivity index (χ1) is 15.6. The van der Waals surface area contributed by atoms with E-state index in [0.29, 0.717) is 27.8 Å². The van der Waals surface area contributed by atoms with E-state index < -0.39 is 16.8 Å². The molecule has 3 aromatic rings. The normalized spacial score (nSPS) is 16.6. The molecule has 2 heterocycles. The van der Waals surface area contributed by atoms with Gasteiger partial charge in [0.15, 0.2) is 5.75 Å². The zero-order valence-corrected chi connectivity index (χ0v) is 18.4. The third kappa shape index (κ3) is 3.55. The number of hydrogen-bond acceptors (Lipinski definition) is 6. The minimum absolute atomic E-state index is 0.00411. The summed E-state index contributed by atoms with van der Waals surface area (Å²) in [7, 11) is 1.55. The van der Waals surface area contributed by atoms with Crippen LogP contribution in [0.1, 0.15) is 30.5 Å². The van der Waals surface area contributed by atoms with E-state index in [1.807, 2.05) is 36.4 Å². The second-order valence-electron chi connectivity index (χ2n) is 7.92. The van der Waals surface area contributed by atoms with Crippen LogP contribution in [0.5, 0.6) is 11.5 Å². The highest BCUT2D eigenvalue weighted by Gasteiger charge is 2.52. The molecule has 2 aromatic carbocycles. The average Bonchev–Trinajstić information content (AvgIpc) is 3.10. The number of nitrogens with one attached hydrogen (secondary N) is 2. The number of fused-ring (bicyclic) bond motifs is 2. The number of anilines is 2. The van der Waals surface area contributed by atoms with Crippen LogP contribution < -0.4 is 19.5 Å². The van der Waals surface area contributed by atoms with Crippen molar-refractivity contribution in [3.63, 3.8) is 0 Å². The van der Waals surface area contributed by atoms with E-state index in [4.69, 9.17) is 9.47 Å². The van der Waals surface area contributed by atoms with Crippen molar-refractivity contribution in [2.24, 2.45) is 0 Å². The Morgan fingerprint density at radius 2 is 1.97 bits per heavy atom. The summed E-state index contributed by atoms with van der Waals surface area (Å²) in [4.78, 5) is 17.7. The molecule has 8 heteroatoms. The Morgan fingerprint density at radius 3 is 2.69 bits per heavy atom. The molecule has 1 fully saturated rings. The highest BCUT2D eigenvalue weighted by atomic mass is 32.2. The molecular weight excluding hydrogens is 426 g/mol. The second-order valence-corrected chi connectivity index (χ2v) is 9.10. The van der Waals surface area contributed by atoms with Crippen molar-refractivity contribution in [1.29, 1.82) is 0 Å². The molecule has 32 heavy (non-hydrogen) atoms. The topological polar surface area (TPSA) is 95.5 Å². The van der Waals surface area contributed by atoms with Gasteiger partial charge in [-0.3, -0.25) is 9.78 Å². The molecule has 1 atom stereocenters. The van der Waals surface area contributed by atoms with Crippen LogP contribution in [-0.4, -0.2) is 22.6 Å². The highest BCUT2D eigenvalue weighted by molar-refractivity contribution is 7.92. The molecule has 0 radical (unpaired) electrons. The van der Waals surface area contributed by atoms with Crippen molar-refractivity contribution < 1.29 is 18.8 Å². The second kappa shape index (κ2) is 8.37. The zero-order valence-electron chi connectivity index (χ0n) is 17.6. The summed E-state index contributed by atoms with van der Waals surface area (Å²) < 4.78 is 27.6. The van der Waals surface area contributed by atoms with E-state index in [-0.39, 0.29) is 12.5 Å². The van der Waals surface area contributed by atoms with E-state index in [1.165, 1.54) is 0 Å². The molecule has 2 N–H and O–H groups in total. The summed E-state index contributed by atoms with van der Waals surface area (Å²) in [6.45, 7) is 0.259. The molecular formula is C24H23N3O4S. The smallest absolute Gasteiger partial charge is 0.235 e. The molecule has 1 aliphatic carbocycles. The number of nitrogens with zero attached hydrogens (tertiary/aromatic N) is 1. The third-order valence-corrected chi connectivity index (χ3v) is 7.24. The average molecular weight is 450 g/mol. The first-order valence-corrected chi connectivity index (χ1v) is 11.6. The maximum Gasteiger partial charge on any atom is 0.235 e. The van der Waals surface area contributed by atoms with Crippen LogP contribution in [0, 0.1) is 0 Å². The lowest BCUT2D eigenvalue weighted by Gasteiger charge is -2.36. The molecule has 7 nitrogen and oxygen atoms in total. The number of carbonyl (C=O) groups is 1. The van der Waals surface area contributed by atoms with Gasteiger partial charge in [0.1, 0.15) is 23.7 Å². The monoisotopic (exact) mass is 449 g/mol. The van der Waals surface area contributed by atoms with Gasteiger partial charge in [0, 0.05) is 12.3 Å². The molecule has 5 rings (SSSR count). The SMILES string of the molecule is COc1ccccc1[S+]([O-])Nc1cc(OCc2ccccn2)c2c(c1)C1(CCC1)C(=O)N2. The Labute approximate surface area is 189 Å². The van der Waals surface area contributed by atoms with E-state index in [9.17, 15) is 9.35 Å². The van der Waals surface area contributed by atoms with E-state index in [1.54, 1.807) is 31.5 Å². The van der Waals surface area contributed by atoms with E-state index in [2.05, 4.69) is 15.0 Å². The Kier molecular flexibility index (Phi) is 5.40. The van der Waals surface area contributed by atoms with Crippen LogP contribution in [0.15, 0.2) is 65.7 Å². The van der Waals surface area contributed by atoms with Gasteiger partial charge in [-0.1, -0.05) is 24.6 Å². The fourth-order valence-electron chi connectivity index (χ4n) is 4.25. The standard InChI is InChI=1S/C24H23N3O4S/c1-30-19-8-2-3-9-21(19)32(29)27-17-13-18-22(26-23(28)24(18)10-6-11-24)20(14-17)31-15-16-7-4-5-12-25-16/h2-5,7-9,12-14,27H,6,10-11,15H2,1H3,(H,26,28). The summed E-state index contributed by atoms with van der Waals surface area (Å²) in [6.07, 6.45) is 4.31. The first kappa shape index (κ1) is 20.7. The summed E-state index contributed by atoms with van der Waals surface area (Å²) in [5, 5.41) is 3.02. The van der Waals surface area contributed by atoms with Gasteiger partial charge in [0.25, 0.3) is 0 Å². The van der Waals surface area contributed by atoms with Crippen LogP contribution in [0.3, 0.4) is 0 Å². The Morgan fingerprint density at radius 1 is 1.16 bits per heavy atom. The van der Waals surface area contributed by atoms with Crippen molar-refractivity contribution in [3.05, 3.63) is 72.1 Å². The largest absolute Gasteiger partial charge is 0.588 e. The maximum absolute atomic E-state index is 13.1. The molecule has 1 amide bonds. The number of benzene rings is 2. The van der Waals surface area contributed by atoms with Crippen LogP contribution in [0.25, 0.3) is 0 Å². The van der Waals surface area contributed by atoms with Crippen LogP contribution in [-0.2, 0) is 28.2 Å². The number of hydrogen-bond donors (Lipinski definition) is 2. The summed E-state index contributed by atoms with van der Waals surface area (Å²) in [5.41, 5.74) is 2.46.